The van der Waals surface area contributed by atoms with E-state index in [1.54, 1.807) is 17.9 Å². The Bertz CT molecular complexity index is 583. The predicted molar refractivity (Wildman–Crippen MR) is 68.2 cm³/mol. The number of anilines is 1. The van der Waals surface area contributed by atoms with E-state index in [2.05, 4.69) is 16.5 Å². The van der Waals surface area contributed by atoms with Crippen molar-refractivity contribution < 1.29 is 4.74 Å². The Kier molecular flexibility index (Phi) is 3.49. The van der Waals surface area contributed by atoms with Crippen LogP contribution in [0.3, 0.4) is 0 Å². The van der Waals surface area contributed by atoms with Crippen LogP contribution in [0.25, 0.3) is 0 Å². The van der Waals surface area contributed by atoms with E-state index >= 15 is 0 Å². The summed E-state index contributed by atoms with van der Waals surface area (Å²) in [6.45, 7) is 0.621. The fourth-order valence-electron chi connectivity index (χ4n) is 1.65. The number of rotatable bonds is 4. The van der Waals surface area contributed by atoms with Crippen molar-refractivity contribution >= 4 is 5.82 Å². The lowest BCUT2D eigenvalue weighted by atomic mass is 10.1. The molecule has 1 N–H and O–H groups in total. The molecule has 1 aromatic heterocycles. The number of aryl methyl sites for hydroxylation is 1. The second-order valence-electron chi connectivity index (χ2n) is 3.87. The average Bonchev–Trinajstić information content (AvgIpc) is 2.81. The van der Waals surface area contributed by atoms with Crippen molar-refractivity contribution in [1.29, 1.82) is 5.26 Å². The van der Waals surface area contributed by atoms with Crippen LogP contribution in [0.1, 0.15) is 11.1 Å². The summed E-state index contributed by atoms with van der Waals surface area (Å²) in [7, 11) is 3.42. The van der Waals surface area contributed by atoms with Gasteiger partial charge in [-0.2, -0.15) is 10.4 Å². The Hall–Kier alpha value is -2.48. The van der Waals surface area contributed by atoms with E-state index in [1.165, 1.54) is 0 Å². The number of nitrogens with one attached hydrogen (secondary N) is 1. The highest BCUT2D eigenvalue weighted by molar-refractivity contribution is 5.46. The van der Waals surface area contributed by atoms with E-state index < -0.39 is 0 Å². The summed E-state index contributed by atoms with van der Waals surface area (Å²) in [6.07, 6.45) is 1.87. The van der Waals surface area contributed by atoms with Crippen molar-refractivity contribution in [2.75, 3.05) is 12.4 Å². The van der Waals surface area contributed by atoms with Gasteiger partial charge in [-0.15, -0.1) is 0 Å². The third-order valence-corrected chi connectivity index (χ3v) is 2.57. The SMILES string of the molecule is COc1ccc(CNc2ccn(C)n2)cc1C#N. The number of ether oxygens (including phenoxy) is 1. The van der Waals surface area contributed by atoms with Crippen LogP contribution in [0, 0.1) is 11.3 Å². The summed E-state index contributed by atoms with van der Waals surface area (Å²) < 4.78 is 6.83. The summed E-state index contributed by atoms with van der Waals surface area (Å²) in [5, 5.41) is 16.4. The highest BCUT2D eigenvalue weighted by Gasteiger charge is 2.04. The highest BCUT2D eigenvalue weighted by Crippen LogP contribution is 2.19. The summed E-state index contributed by atoms with van der Waals surface area (Å²) in [4.78, 5) is 0. The van der Waals surface area contributed by atoms with Crippen molar-refractivity contribution in [2.24, 2.45) is 7.05 Å². The number of nitrogens with zero attached hydrogens (tertiary/aromatic N) is 3. The molecule has 0 fully saturated rings. The molecule has 0 atom stereocenters. The van der Waals surface area contributed by atoms with Gasteiger partial charge in [0.15, 0.2) is 0 Å². The molecule has 0 amide bonds. The van der Waals surface area contributed by atoms with Crippen LogP contribution in [-0.2, 0) is 13.6 Å². The maximum absolute atomic E-state index is 9.00. The van der Waals surface area contributed by atoms with Crippen LogP contribution < -0.4 is 10.1 Å². The molecule has 1 heterocycles. The highest BCUT2D eigenvalue weighted by atomic mass is 16.5. The lowest BCUT2D eigenvalue weighted by Gasteiger charge is -2.06. The maximum Gasteiger partial charge on any atom is 0.148 e. The minimum absolute atomic E-state index is 0.540. The molecule has 2 aromatic rings. The molecule has 5 heteroatoms. The molecule has 0 aliphatic rings. The third kappa shape index (κ3) is 2.61. The lowest BCUT2D eigenvalue weighted by Crippen LogP contribution is -2.01. The third-order valence-electron chi connectivity index (χ3n) is 2.57. The van der Waals surface area contributed by atoms with Crippen LogP contribution in [-0.4, -0.2) is 16.9 Å². The zero-order valence-corrected chi connectivity index (χ0v) is 10.3. The zero-order chi connectivity index (χ0) is 13.0. The van der Waals surface area contributed by atoms with Gasteiger partial charge in [0.1, 0.15) is 17.6 Å². The fourth-order valence-corrected chi connectivity index (χ4v) is 1.65. The van der Waals surface area contributed by atoms with Crippen LogP contribution in [0.5, 0.6) is 5.75 Å². The Labute approximate surface area is 106 Å². The van der Waals surface area contributed by atoms with Gasteiger partial charge < -0.3 is 10.1 Å². The molecule has 2 rings (SSSR count). The molecular weight excluding hydrogens is 228 g/mol. The van der Waals surface area contributed by atoms with E-state index in [-0.39, 0.29) is 0 Å². The first kappa shape index (κ1) is 12.0. The number of aromatic nitrogens is 2. The molecule has 0 radical (unpaired) electrons. The van der Waals surface area contributed by atoms with E-state index in [9.17, 15) is 0 Å². The second kappa shape index (κ2) is 5.23. The smallest absolute Gasteiger partial charge is 0.148 e. The fraction of sp³-hybridized carbons (Fsp3) is 0.231. The average molecular weight is 242 g/mol. The van der Waals surface area contributed by atoms with Crippen LogP contribution in [0.2, 0.25) is 0 Å². The Balaban J connectivity index is 2.08. The topological polar surface area (TPSA) is 62.9 Å². The van der Waals surface area contributed by atoms with Crippen LogP contribution in [0.4, 0.5) is 5.82 Å². The van der Waals surface area contributed by atoms with Gasteiger partial charge in [-0.1, -0.05) is 6.07 Å². The van der Waals surface area contributed by atoms with Gasteiger partial charge in [0, 0.05) is 25.9 Å². The zero-order valence-electron chi connectivity index (χ0n) is 10.3. The molecule has 0 aliphatic carbocycles. The molecule has 0 bridgehead atoms. The van der Waals surface area contributed by atoms with E-state index in [4.69, 9.17) is 10.00 Å². The van der Waals surface area contributed by atoms with E-state index in [1.807, 2.05) is 31.4 Å². The van der Waals surface area contributed by atoms with Gasteiger partial charge in [-0.05, 0) is 17.7 Å². The first-order valence-corrected chi connectivity index (χ1v) is 5.53. The van der Waals surface area contributed by atoms with Crippen molar-refractivity contribution in [3.63, 3.8) is 0 Å². The van der Waals surface area contributed by atoms with Crippen molar-refractivity contribution in [3.8, 4) is 11.8 Å². The monoisotopic (exact) mass is 242 g/mol. The van der Waals surface area contributed by atoms with Crippen molar-refractivity contribution in [3.05, 3.63) is 41.6 Å². The van der Waals surface area contributed by atoms with Gasteiger partial charge >= 0.3 is 0 Å². The van der Waals surface area contributed by atoms with Crippen LogP contribution >= 0.6 is 0 Å². The van der Waals surface area contributed by atoms with Gasteiger partial charge in [0.05, 0.1) is 12.7 Å². The Morgan fingerprint density at radius 1 is 1.44 bits per heavy atom. The normalized spacial score (nSPS) is 9.83. The van der Waals surface area contributed by atoms with Crippen molar-refractivity contribution in [1.82, 2.24) is 9.78 Å². The molecule has 92 valence electrons. The molecule has 0 saturated heterocycles. The first-order chi connectivity index (χ1) is 8.72. The van der Waals surface area contributed by atoms with Gasteiger partial charge in [0.25, 0.3) is 0 Å². The summed E-state index contributed by atoms with van der Waals surface area (Å²) in [6, 6.07) is 9.55. The number of hydrogen-bond donors (Lipinski definition) is 1. The lowest BCUT2D eigenvalue weighted by molar-refractivity contribution is 0.413. The molecular formula is C13H14N4O. The molecule has 0 saturated carbocycles. The second-order valence-corrected chi connectivity index (χ2v) is 3.87. The van der Waals surface area contributed by atoms with Gasteiger partial charge in [-0.25, -0.2) is 0 Å². The quantitative estimate of drug-likeness (QED) is 0.889. The molecule has 0 aliphatic heterocycles. The predicted octanol–water partition coefficient (Wildman–Crippen LogP) is 1.91. The minimum atomic E-state index is 0.540. The maximum atomic E-state index is 9.00. The van der Waals surface area contributed by atoms with Gasteiger partial charge in [-0.3, -0.25) is 4.68 Å². The number of methoxy groups -OCH3 is 1. The Morgan fingerprint density at radius 2 is 2.28 bits per heavy atom. The summed E-state index contributed by atoms with van der Waals surface area (Å²) in [5.74, 6) is 1.41. The summed E-state index contributed by atoms with van der Waals surface area (Å²) >= 11 is 0. The van der Waals surface area contributed by atoms with E-state index in [0.717, 1.165) is 11.4 Å². The standard InChI is InChI=1S/C13H14N4O/c1-17-6-5-13(16-17)15-9-10-3-4-12(18-2)11(7-10)8-14/h3-7H,9H2,1-2H3,(H,15,16). The number of hydrogen-bond acceptors (Lipinski definition) is 4. The molecule has 0 unspecified atom stereocenters. The van der Waals surface area contributed by atoms with E-state index in [0.29, 0.717) is 17.9 Å². The molecule has 18 heavy (non-hydrogen) atoms. The first-order valence-electron chi connectivity index (χ1n) is 5.53. The summed E-state index contributed by atoms with van der Waals surface area (Å²) in [5.41, 5.74) is 1.55. The molecule has 1 aromatic carbocycles. The Morgan fingerprint density at radius 3 is 2.89 bits per heavy atom. The van der Waals surface area contributed by atoms with Crippen molar-refractivity contribution in [2.45, 2.75) is 6.54 Å². The molecule has 5 nitrogen and oxygen atoms in total. The van der Waals surface area contributed by atoms with Crippen LogP contribution in [0.15, 0.2) is 30.5 Å². The van der Waals surface area contributed by atoms with Gasteiger partial charge in [0.2, 0.25) is 0 Å². The largest absolute Gasteiger partial charge is 0.495 e. The number of benzene rings is 1. The minimum Gasteiger partial charge on any atom is -0.495 e. The molecule has 0 spiro atoms. The number of nitriles is 1.